The summed E-state index contributed by atoms with van der Waals surface area (Å²) < 4.78 is 0. The van der Waals surface area contributed by atoms with Crippen molar-refractivity contribution in [2.75, 3.05) is 19.6 Å². The Labute approximate surface area is 122 Å². The SMILES string of the molecule is CC1(O)CCCN(C(=O)CCNC(=O)c2cccs2)C1. The summed E-state index contributed by atoms with van der Waals surface area (Å²) in [5.74, 6) is -0.158. The van der Waals surface area contributed by atoms with E-state index in [9.17, 15) is 14.7 Å². The molecule has 0 aliphatic carbocycles. The van der Waals surface area contributed by atoms with Crippen LogP contribution in [0.4, 0.5) is 0 Å². The van der Waals surface area contributed by atoms with Crippen molar-refractivity contribution >= 4 is 23.2 Å². The fourth-order valence-electron chi connectivity index (χ4n) is 2.37. The first-order valence-corrected chi connectivity index (χ1v) is 7.68. The Morgan fingerprint density at radius 3 is 3.00 bits per heavy atom. The largest absolute Gasteiger partial charge is 0.388 e. The zero-order chi connectivity index (χ0) is 14.6. The Hall–Kier alpha value is -1.40. The van der Waals surface area contributed by atoms with E-state index in [2.05, 4.69) is 5.32 Å². The molecule has 20 heavy (non-hydrogen) atoms. The van der Waals surface area contributed by atoms with Gasteiger partial charge < -0.3 is 15.3 Å². The number of thiophene rings is 1. The highest BCUT2D eigenvalue weighted by molar-refractivity contribution is 7.12. The van der Waals surface area contributed by atoms with Crippen LogP contribution in [0, 0.1) is 0 Å². The van der Waals surface area contributed by atoms with Gasteiger partial charge in [-0.1, -0.05) is 6.07 Å². The standard InChI is InChI=1S/C14H20N2O3S/c1-14(19)6-3-8-16(10-14)12(17)5-7-15-13(18)11-4-2-9-20-11/h2,4,9,19H,3,5-8,10H2,1H3,(H,15,18). The van der Waals surface area contributed by atoms with Crippen LogP contribution >= 0.6 is 11.3 Å². The Balaban J connectivity index is 1.74. The number of hydrogen-bond donors (Lipinski definition) is 2. The highest BCUT2D eigenvalue weighted by Gasteiger charge is 2.30. The Kier molecular flexibility index (Phi) is 4.77. The molecule has 1 aliphatic heterocycles. The summed E-state index contributed by atoms with van der Waals surface area (Å²) in [5.41, 5.74) is -0.784. The number of likely N-dealkylation sites (tertiary alicyclic amines) is 1. The van der Waals surface area contributed by atoms with E-state index in [1.165, 1.54) is 11.3 Å². The van der Waals surface area contributed by atoms with Crippen molar-refractivity contribution in [3.63, 3.8) is 0 Å². The van der Waals surface area contributed by atoms with Crippen LogP contribution in [-0.4, -0.2) is 47.1 Å². The second-order valence-corrected chi connectivity index (χ2v) is 6.35. The third kappa shape index (κ3) is 4.05. The molecule has 1 aromatic heterocycles. The van der Waals surface area contributed by atoms with Gasteiger partial charge in [-0.05, 0) is 31.2 Å². The molecule has 1 atom stereocenters. The van der Waals surface area contributed by atoms with Crippen molar-refractivity contribution in [3.05, 3.63) is 22.4 Å². The van der Waals surface area contributed by atoms with Crippen molar-refractivity contribution < 1.29 is 14.7 Å². The predicted molar refractivity (Wildman–Crippen MR) is 77.7 cm³/mol. The lowest BCUT2D eigenvalue weighted by molar-refractivity contribution is -0.137. The van der Waals surface area contributed by atoms with Crippen LogP contribution in [0.1, 0.15) is 35.9 Å². The van der Waals surface area contributed by atoms with Crippen LogP contribution in [0.2, 0.25) is 0 Å². The molecule has 110 valence electrons. The summed E-state index contributed by atoms with van der Waals surface area (Å²) in [7, 11) is 0. The quantitative estimate of drug-likeness (QED) is 0.878. The van der Waals surface area contributed by atoms with E-state index in [0.29, 0.717) is 24.5 Å². The van der Waals surface area contributed by atoms with Gasteiger partial charge in [-0.25, -0.2) is 0 Å². The fraction of sp³-hybridized carbons (Fsp3) is 0.571. The Morgan fingerprint density at radius 1 is 1.55 bits per heavy atom. The molecule has 1 aliphatic rings. The molecule has 0 radical (unpaired) electrons. The summed E-state index contributed by atoms with van der Waals surface area (Å²) in [4.78, 5) is 26.1. The van der Waals surface area contributed by atoms with Crippen LogP contribution in [0.3, 0.4) is 0 Å². The molecule has 1 aromatic rings. The number of aliphatic hydroxyl groups is 1. The number of nitrogens with zero attached hydrogens (tertiary/aromatic N) is 1. The lowest BCUT2D eigenvalue weighted by Gasteiger charge is -2.36. The van der Waals surface area contributed by atoms with Crippen LogP contribution in [-0.2, 0) is 4.79 Å². The highest BCUT2D eigenvalue weighted by Crippen LogP contribution is 2.20. The van der Waals surface area contributed by atoms with Gasteiger partial charge in [0.05, 0.1) is 10.5 Å². The third-order valence-electron chi connectivity index (χ3n) is 3.40. The number of rotatable bonds is 4. The second-order valence-electron chi connectivity index (χ2n) is 5.40. The molecular weight excluding hydrogens is 276 g/mol. The smallest absolute Gasteiger partial charge is 0.261 e. The number of β-amino-alcohol motifs (C(OH)–C–C–N with tert-alkyl or cyclic N) is 1. The van der Waals surface area contributed by atoms with Gasteiger partial charge in [-0.2, -0.15) is 0 Å². The number of piperidine rings is 1. The van der Waals surface area contributed by atoms with Crippen LogP contribution in [0.15, 0.2) is 17.5 Å². The molecule has 2 N–H and O–H groups in total. The van der Waals surface area contributed by atoms with Gasteiger partial charge in [0.1, 0.15) is 0 Å². The number of carbonyl (C=O) groups is 2. The molecule has 6 heteroatoms. The molecule has 0 spiro atoms. The van der Waals surface area contributed by atoms with Gasteiger partial charge in [0.15, 0.2) is 0 Å². The molecule has 2 rings (SSSR count). The molecule has 0 saturated carbocycles. The first kappa shape index (κ1) is 15.0. The third-order valence-corrected chi connectivity index (χ3v) is 4.27. The van der Waals surface area contributed by atoms with E-state index in [-0.39, 0.29) is 18.2 Å². The van der Waals surface area contributed by atoms with E-state index >= 15 is 0 Å². The van der Waals surface area contributed by atoms with E-state index in [1.54, 1.807) is 17.9 Å². The maximum absolute atomic E-state index is 12.0. The lowest BCUT2D eigenvalue weighted by atomic mass is 9.95. The van der Waals surface area contributed by atoms with Crippen LogP contribution in [0.25, 0.3) is 0 Å². The molecule has 0 aromatic carbocycles. The maximum atomic E-state index is 12.0. The maximum Gasteiger partial charge on any atom is 0.261 e. The topological polar surface area (TPSA) is 69.6 Å². The van der Waals surface area contributed by atoms with Gasteiger partial charge in [-0.15, -0.1) is 11.3 Å². The highest BCUT2D eigenvalue weighted by atomic mass is 32.1. The average molecular weight is 296 g/mol. The molecule has 5 nitrogen and oxygen atoms in total. The van der Waals surface area contributed by atoms with Gasteiger partial charge in [0.2, 0.25) is 5.91 Å². The van der Waals surface area contributed by atoms with Crippen LogP contribution < -0.4 is 5.32 Å². The molecule has 1 saturated heterocycles. The van der Waals surface area contributed by atoms with Gasteiger partial charge in [0, 0.05) is 26.1 Å². The van der Waals surface area contributed by atoms with E-state index in [4.69, 9.17) is 0 Å². The summed E-state index contributed by atoms with van der Waals surface area (Å²) in [6, 6.07) is 3.57. The summed E-state index contributed by atoms with van der Waals surface area (Å²) in [6.07, 6.45) is 1.82. The Bertz CT molecular complexity index is 471. The minimum atomic E-state index is -0.784. The number of hydrogen-bond acceptors (Lipinski definition) is 4. The van der Waals surface area contributed by atoms with Crippen molar-refractivity contribution in [2.24, 2.45) is 0 Å². The van der Waals surface area contributed by atoms with Crippen LogP contribution in [0.5, 0.6) is 0 Å². The van der Waals surface area contributed by atoms with Gasteiger partial charge in [-0.3, -0.25) is 9.59 Å². The monoisotopic (exact) mass is 296 g/mol. The molecular formula is C14H20N2O3S. The lowest BCUT2D eigenvalue weighted by Crippen LogP contribution is -2.49. The zero-order valence-electron chi connectivity index (χ0n) is 11.6. The zero-order valence-corrected chi connectivity index (χ0v) is 12.4. The number of nitrogens with one attached hydrogen (secondary N) is 1. The summed E-state index contributed by atoms with van der Waals surface area (Å²) in [6.45, 7) is 3.15. The molecule has 1 unspecified atom stereocenters. The first-order valence-electron chi connectivity index (χ1n) is 6.80. The first-order chi connectivity index (χ1) is 9.48. The minimum Gasteiger partial charge on any atom is -0.388 e. The van der Waals surface area contributed by atoms with Gasteiger partial charge in [0.25, 0.3) is 5.91 Å². The van der Waals surface area contributed by atoms with Crippen molar-refractivity contribution in [2.45, 2.75) is 31.8 Å². The normalized spacial score (nSPS) is 22.6. The van der Waals surface area contributed by atoms with E-state index in [0.717, 1.165) is 12.8 Å². The Morgan fingerprint density at radius 2 is 2.35 bits per heavy atom. The van der Waals surface area contributed by atoms with Crippen molar-refractivity contribution in [1.29, 1.82) is 0 Å². The average Bonchev–Trinajstić information content (AvgIpc) is 2.91. The summed E-state index contributed by atoms with van der Waals surface area (Å²) in [5, 5.41) is 14.6. The van der Waals surface area contributed by atoms with E-state index in [1.807, 2.05) is 11.4 Å². The fourth-order valence-corrected chi connectivity index (χ4v) is 3.01. The van der Waals surface area contributed by atoms with Crippen molar-refractivity contribution in [3.8, 4) is 0 Å². The molecule has 2 heterocycles. The molecule has 1 fully saturated rings. The summed E-state index contributed by atoms with van der Waals surface area (Å²) >= 11 is 1.38. The van der Waals surface area contributed by atoms with Gasteiger partial charge >= 0.3 is 0 Å². The van der Waals surface area contributed by atoms with E-state index < -0.39 is 5.60 Å². The van der Waals surface area contributed by atoms with Crippen molar-refractivity contribution in [1.82, 2.24) is 10.2 Å². The predicted octanol–water partition coefficient (Wildman–Crippen LogP) is 1.24. The minimum absolute atomic E-state index is 0.0172. The number of amides is 2. The molecule has 2 amide bonds. The number of carbonyl (C=O) groups excluding carboxylic acids is 2. The molecule has 0 bridgehead atoms. The second kappa shape index (κ2) is 6.37.